The number of carbonyl (C=O) groups excluding carboxylic acids is 2. The van der Waals surface area contributed by atoms with Crippen LogP contribution in [-0.4, -0.2) is 16.8 Å². The first-order chi connectivity index (χ1) is 13.7. The third-order valence-corrected chi connectivity index (χ3v) is 4.70. The van der Waals surface area contributed by atoms with Crippen LogP contribution in [0, 0.1) is 0 Å². The molecule has 0 fully saturated rings. The van der Waals surface area contributed by atoms with Crippen molar-refractivity contribution in [1.82, 2.24) is 4.98 Å². The van der Waals surface area contributed by atoms with Crippen molar-refractivity contribution >= 4 is 34.8 Å². The predicted molar refractivity (Wildman–Crippen MR) is 117 cm³/mol. The Labute approximate surface area is 175 Å². The van der Waals surface area contributed by atoms with Crippen LogP contribution in [0.15, 0.2) is 66.9 Å². The van der Waals surface area contributed by atoms with Gasteiger partial charge >= 0.3 is 0 Å². The summed E-state index contributed by atoms with van der Waals surface area (Å²) in [5.74, 6) is -0.589. The molecule has 0 radical (unpaired) electrons. The van der Waals surface area contributed by atoms with Crippen molar-refractivity contribution in [3.63, 3.8) is 0 Å². The average molecular weight is 408 g/mol. The molecule has 0 unspecified atom stereocenters. The fraction of sp³-hybridized carbons (Fsp3) is 0.174. The quantitative estimate of drug-likeness (QED) is 0.558. The summed E-state index contributed by atoms with van der Waals surface area (Å²) in [6.07, 6.45) is 1.52. The van der Waals surface area contributed by atoms with E-state index >= 15 is 0 Å². The highest BCUT2D eigenvalue weighted by atomic mass is 35.5. The molecule has 0 aliphatic heterocycles. The highest BCUT2D eigenvalue weighted by molar-refractivity contribution is 6.33. The van der Waals surface area contributed by atoms with Crippen LogP contribution in [0.5, 0.6) is 0 Å². The Morgan fingerprint density at radius 1 is 0.862 bits per heavy atom. The van der Waals surface area contributed by atoms with Crippen LogP contribution in [0.3, 0.4) is 0 Å². The van der Waals surface area contributed by atoms with Crippen molar-refractivity contribution < 1.29 is 9.59 Å². The maximum Gasteiger partial charge on any atom is 0.258 e. The van der Waals surface area contributed by atoms with E-state index in [2.05, 4.69) is 36.4 Å². The Bertz CT molecular complexity index is 1040. The average Bonchev–Trinajstić information content (AvgIpc) is 2.68. The van der Waals surface area contributed by atoms with Gasteiger partial charge in [0.05, 0.1) is 5.56 Å². The van der Waals surface area contributed by atoms with Gasteiger partial charge in [0.2, 0.25) is 0 Å². The van der Waals surface area contributed by atoms with Gasteiger partial charge in [0.1, 0.15) is 5.15 Å². The maximum absolute atomic E-state index is 12.6. The molecule has 0 spiro atoms. The predicted octanol–water partition coefficient (Wildman–Crippen LogP) is 5.54. The second-order valence-electron chi connectivity index (χ2n) is 7.66. The van der Waals surface area contributed by atoms with Gasteiger partial charge in [-0.25, -0.2) is 4.98 Å². The monoisotopic (exact) mass is 407 g/mol. The molecule has 0 atom stereocenters. The zero-order valence-corrected chi connectivity index (χ0v) is 17.2. The largest absolute Gasteiger partial charge is 0.322 e. The molecule has 2 N–H and O–H groups in total. The van der Waals surface area contributed by atoms with Gasteiger partial charge in [-0.15, -0.1) is 0 Å². The van der Waals surface area contributed by atoms with E-state index in [4.69, 9.17) is 11.6 Å². The van der Waals surface area contributed by atoms with E-state index in [1.165, 1.54) is 6.20 Å². The van der Waals surface area contributed by atoms with E-state index in [0.717, 1.165) is 5.56 Å². The summed E-state index contributed by atoms with van der Waals surface area (Å²) in [7, 11) is 0. The van der Waals surface area contributed by atoms with Crippen LogP contribution >= 0.6 is 11.6 Å². The summed E-state index contributed by atoms with van der Waals surface area (Å²) < 4.78 is 0. The Balaban J connectivity index is 1.70. The van der Waals surface area contributed by atoms with Crippen molar-refractivity contribution in [2.24, 2.45) is 0 Å². The number of halogens is 1. The van der Waals surface area contributed by atoms with Gasteiger partial charge in [-0.05, 0) is 53.4 Å². The van der Waals surface area contributed by atoms with Crippen LogP contribution < -0.4 is 10.6 Å². The smallest absolute Gasteiger partial charge is 0.258 e. The molecule has 0 aliphatic rings. The number of carbonyl (C=O) groups is 2. The van der Waals surface area contributed by atoms with E-state index in [1.807, 2.05) is 24.3 Å². The molecule has 0 saturated carbocycles. The molecule has 2 amide bonds. The molecule has 6 heteroatoms. The lowest BCUT2D eigenvalue weighted by atomic mass is 9.87. The molecular formula is C23H22ClN3O2. The first kappa shape index (κ1) is 20.6. The number of pyridine rings is 1. The Morgan fingerprint density at radius 3 is 2.07 bits per heavy atom. The van der Waals surface area contributed by atoms with Crippen LogP contribution in [0.4, 0.5) is 11.4 Å². The summed E-state index contributed by atoms with van der Waals surface area (Å²) >= 11 is 5.96. The van der Waals surface area contributed by atoms with Gasteiger partial charge in [-0.1, -0.05) is 50.6 Å². The van der Waals surface area contributed by atoms with E-state index in [0.29, 0.717) is 16.9 Å². The van der Waals surface area contributed by atoms with Crippen molar-refractivity contribution in [2.75, 3.05) is 10.6 Å². The lowest BCUT2D eigenvalue weighted by Crippen LogP contribution is -2.15. The summed E-state index contributed by atoms with van der Waals surface area (Å²) in [6, 6.07) is 17.7. The number of amides is 2. The highest BCUT2D eigenvalue weighted by Crippen LogP contribution is 2.23. The Morgan fingerprint density at radius 2 is 1.48 bits per heavy atom. The normalized spacial score (nSPS) is 11.0. The first-order valence-corrected chi connectivity index (χ1v) is 9.56. The molecule has 1 aromatic heterocycles. The zero-order chi connectivity index (χ0) is 21.0. The van der Waals surface area contributed by atoms with Gasteiger partial charge in [-0.2, -0.15) is 0 Å². The first-order valence-electron chi connectivity index (χ1n) is 9.18. The summed E-state index contributed by atoms with van der Waals surface area (Å²) in [4.78, 5) is 28.8. The molecule has 3 rings (SSSR count). The van der Waals surface area contributed by atoms with Gasteiger partial charge in [-0.3, -0.25) is 9.59 Å². The number of hydrogen-bond acceptors (Lipinski definition) is 3. The van der Waals surface area contributed by atoms with Crippen molar-refractivity contribution in [2.45, 2.75) is 26.2 Å². The van der Waals surface area contributed by atoms with Crippen molar-refractivity contribution in [1.29, 1.82) is 0 Å². The number of anilines is 2. The lowest BCUT2D eigenvalue weighted by Gasteiger charge is -2.19. The van der Waals surface area contributed by atoms with E-state index in [-0.39, 0.29) is 27.9 Å². The Kier molecular flexibility index (Phi) is 5.99. The number of hydrogen-bond donors (Lipinski definition) is 2. The topological polar surface area (TPSA) is 71.1 Å². The van der Waals surface area contributed by atoms with Crippen LogP contribution in [0.1, 0.15) is 47.1 Å². The van der Waals surface area contributed by atoms with E-state index < -0.39 is 0 Å². The number of nitrogens with one attached hydrogen (secondary N) is 2. The maximum atomic E-state index is 12.6. The van der Waals surface area contributed by atoms with Crippen LogP contribution in [0.25, 0.3) is 0 Å². The molecule has 0 saturated heterocycles. The highest BCUT2D eigenvalue weighted by Gasteiger charge is 2.15. The minimum absolute atomic E-state index is 0.0265. The number of rotatable bonds is 4. The summed E-state index contributed by atoms with van der Waals surface area (Å²) in [6.45, 7) is 6.38. The van der Waals surface area contributed by atoms with Gasteiger partial charge in [0, 0.05) is 23.1 Å². The Hall–Kier alpha value is -3.18. The molecule has 0 bridgehead atoms. The second kappa shape index (κ2) is 8.45. The minimum atomic E-state index is -0.371. The zero-order valence-electron chi connectivity index (χ0n) is 16.5. The third kappa shape index (κ3) is 5.21. The SMILES string of the molecule is CC(C)(C)c1ccc(C(=O)Nc2cccc(NC(=O)c3cccnc3Cl)c2)cc1. The van der Waals surface area contributed by atoms with Gasteiger partial charge in [0.15, 0.2) is 0 Å². The number of aromatic nitrogens is 1. The molecule has 148 valence electrons. The molecule has 1 heterocycles. The minimum Gasteiger partial charge on any atom is -0.322 e. The summed E-state index contributed by atoms with van der Waals surface area (Å²) in [5, 5.41) is 5.75. The lowest BCUT2D eigenvalue weighted by molar-refractivity contribution is 0.101. The van der Waals surface area contributed by atoms with Crippen LogP contribution in [-0.2, 0) is 5.41 Å². The fourth-order valence-electron chi connectivity index (χ4n) is 2.75. The van der Waals surface area contributed by atoms with Gasteiger partial charge < -0.3 is 10.6 Å². The summed E-state index contributed by atoms with van der Waals surface area (Å²) in [5.41, 5.74) is 3.14. The molecule has 0 aliphatic carbocycles. The van der Waals surface area contributed by atoms with Crippen molar-refractivity contribution in [3.8, 4) is 0 Å². The molecule has 3 aromatic rings. The van der Waals surface area contributed by atoms with E-state index in [1.54, 1.807) is 36.4 Å². The third-order valence-electron chi connectivity index (χ3n) is 4.40. The molecule has 5 nitrogen and oxygen atoms in total. The van der Waals surface area contributed by atoms with Crippen molar-refractivity contribution in [3.05, 3.63) is 88.7 Å². The number of nitrogens with zero attached hydrogens (tertiary/aromatic N) is 1. The number of benzene rings is 2. The molecular weight excluding hydrogens is 386 g/mol. The molecule has 29 heavy (non-hydrogen) atoms. The standard InChI is InChI=1S/C23H22ClN3O2/c1-23(2,3)16-11-9-15(10-12-16)21(28)26-17-6-4-7-18(14-17)27-22(29)19-8-5-13-25-20(19)24/h4-14H,1-3H3,(H,26,28)(H,27,29). The fourth-order valence-corrected chi connectivity index (χ4v) is 2.96. The van der Waals surface area contributed by atoms with Gasteiger partial charge in [0.25, 0.3) is 11.8 Å². The second-order valence-corrected chi connectivity index (χ2v) is 8.02. The molecule has 2 aromatic carbocycles. The van der Waals surface area contributed by atoms with E-state index in [9.17, 15) is 9.59 Å². The van der Waals surface area contributed by atoms with Crippen LogP contribution in [0.2, 0.25) is 5.15 Å².